The van der Waals surface area contributed by atoms with Crippen molar-refractivity contribution in [2.45, 2.75) is 32.9 Å². The number of nitrogens with one attached hydrogen (secondary N) is 1. The first-order valence-corrected chi connectivity index (χ1v) is 7.84. The van der Waals surface area contributed by atoms with Crippen LogP contribution >= 0.6 is 0 Å². The number of hydrogen-bond donors (Lipinski definition) is 2. The zero-order chi connectivity index (χ0) is 20.3. The number of hydrogen-bond acceptors (Lipinski definition) is 4. The van der Waals surface area contributed by atoms with Crippen LogP contribution in [0.2, 0.25) is 0 Å². The molecule has 10 heteroatoms. The second-order valence-electron chi connectivity index (χ2n) is 5.78. The Bertz CT molecular complexity index is 867. The topological polar surface area (TPSA) is 93.5 Å². The molecule has 0 aliphatic rings. The zero-order valence-corrected chi connectivity index (χ0v) is 14.8. The highest BCUT2D eigenvalue weighted by Gasteiger charge is 2.25. The number of carbonyl (C=O) groups is 2. The molecular formula is C17H18F3N3O4. The highest BCUT2D eigenvalue weighted by atomic mass is 19.3. The first-order chi connectivity index (χ1) is 12.6. The van der Waals surface area contributed by atoms with Gasteiger partial charge in [0.25, 0.3) is 0 Å². The molecule has 1 unspecified atom stereocenters. The van der Waals surface area contributed by atoms with E-state index < -0.39 is 30.3 Å². The third kappa shape index (κ3) is 4.39. The van der Waals surface area contributed by atoms with Crippen molar-refractivity contribution in [3.05, 3.63) is 46.5 Å². The van der Waals surface area contributed by atoms with Gasteiger partial charge in [-0.05, 0) is 31.5 Å². The van der Waals surface area contributed by atoms with Crippen molar-refractivity contribution in [2.75, 3.05) is 7.11 Å². The van der Waals surface area contributed by atoms with Gasteiger partial charge < -0.3 is 15.2 Å². The summed E-state index contributed by atoms with van der Waals surface area (Å²) in [5, 5.41) is 15.3. The van der Waals surface area contributed by atoms with Crippen molar-refractivity contribution in [1.29, 1.82) is 0 Å². The minimum Gasteiger partial charge on any atom is -0.494 e. The molecular weight excluding hydrogens is 367 g/mol. The van der Waals surface area contributed by atoms with E-state index in [-0.39, 0.29) is 34.7 Å². The Morgan fingerprint density at radius 1 is 1.33 bits per heavy atom. The van der Waals surface area contributed by atoms with E-state index in [4.69, 9.17) is 4.74 Å². The van der Waals surface area contributed by atoms with Gasteiger partial charge in [0, 0.05) is 11.3 Å². The van der Waals surface area contributed by atoms with E-state index in [9.17, 15) is 27.9 Å². The quantitative estimate of drug-likeness (QED) is 0.764. The molecule has 0 bridgehead atoms. The Hall–Kier alpha value is -3.04. The maximum absolute atomic E-state index is 13.8. The Morgan fingerprint density at radius 3 is 2.48 bits per heavy atom. The minimum atomic E-state index is -2.85. The van der Waals surface area contributed by atoms with Crippen molar-refractivity contribution in [3.63, 3.8) is 0 Å². The summed E-state index contributed by atoms with van der Waals surface area (Å²) in [6.45, 7) is 0.0131. The van der Waals surface area contributed by atoms with Crippen LogP contribution in [0.3, 0.4) is 0 Å². The number of aromatic nitrogens is 2. The van der Waals surface area contributed by atoms with E-state index in [0.29, 0.717) is 4.68 Å². The van der Waals surface area contributed by atoms with Gasteiger partial charge in [-0.3, -0.25) is 4.79 Å². The van der Waals surface area contributed by atoms with E-state index in [1.807, 2.05) is 0 Å². The molecule has 27 heavy (non-hydrogen) atoms. The number of carbonyl (C=O) groups excluding carboxylic acids is 1. The number of rotatable bonds is 7. The fraction of sp³-hybridized carbons (Fsp3) is 0.353. The van der Waals surface area contributed by atoms with Crippen LogP contribution in [0.25, 0.3) is 0 Å². The SMILES string of the molecule is COc1ccc(C(NC(=O)Cc2c(C)nn(C(F)F)c2C)C(=O)O)cc1F. The second kappa shape index (κ2) is 8.11. The third-order valence-electron chi connectivity index (χ3n) is 4.06. The monoisotopic (exact) mass is 385 g/mol. The lowest BCUT2D eigenvalue weighted by atomic mass is 10.0. The average Bonchev–Trinajstić information content (AvgIpc) is 2.87. The number of methoxy groups -OCH3 is 1. The van der Waals surface area contributed by atoms with Crippen molar-refractivity contribution in [3.8, 4) is 5.75 Å². The molecule has 1 heterocycles. The van der Waals surface area contributed by atoms with E-state index in [1.165, 1.54) is 33.1 Å². The lowest BCUT2D eigenvalue weighted by Gasteiger charge is -2.16. The molecule has 0 aliphatic heterocycles. The molecule has 2 aromatic rings. The highest BCUT2D eigenvalue weighted by molar-refractivity contribution is 5.86. The molecule has 1 aromatic heterocycles. The normalized spacial score (nSPS) is 12.1. The molecule has 7 nitrogen and oxygen atoms in total. The average molecular weight is 385 g/mol. The molecule has 0 aliphatic carbocycles. The van der Waals surface area contributed by atoms with Crippen LogP contribution in [0.15, 0.2) is 18.2 Å². The molecule has 1 atom stereocenters. The number of amides is 1. The standard InChI is InChI=1S/C17H18F3N3O4/c1-8-11(9(2)23(22-8)17(19)20)7-14(24)21-15(16(25)26)10-4-5-13(27-3)12(18)6-10/h4-6,15,17H,7H2,1-3H3,(H,21,24)(H,25,26). The molecule has 0 radical (unpaired) electrons. The van der Waals surface area contributed by atoms with E-state index in [2.05, 4.69) is 10.4 Å². The first-order valence-electron chi connectivity index (χ1n) is 7.84. The maximum atomic E-state index is 13.8. The smallest absolute Gasteiger partial charge is 0.333 e. The van der Waals surface area contributed by atoms with Crippen LogP contribution < -0.4 is 10.1 Å². The molecule has 0 fully saturated rings. The summed E-state index contributed by atoms with van der Waals surface area (Å²) < 4.78 is 44.8. The summed E-state index contributed by atoms with van der Waals surface area (Å²) in [6, 6.07) is 1.99. The summed E-state index contributed by atoms with van der Waals surface area (Å²) in [4.78, 5) is 23.8. The predicted octanol–water partition coefficient (Wildman–Crippen LogP) is 2.53. The Labute approximate surface area is 152 Å². The van der Waals surface area contributed by atoms with Crippen LogP contribution in [0.1, 0.15) is 35.1 Å². The van der Waals surface area contributed by atoms with Gasteiger partial charge in [-0.25, -0.2) is 13.9 Å². The van der Waals surface area contributed by atoms with Crippen molar-refractivity contribution >= 4 is 11.9 Å². The second-order valence-corrected chi connectivity index (χ2v) is 5.78. The number of halogens is 3. The van der Waals surface area contributed by atoms with Gasteiger partial charge in [0.05, 0.1) is 19.2 Å². The molecule has 2 rings (SSSR count). The zero-order valence-electron chi connectivity index (χ0n) is 14.8. The number of benzene rings is 1. The van der Waals surface area contributed by atoms with Gasteiger partial charge in [0.2, 0.25) is 5.91 Å². The lowest BCUT2D eigenvalue weighted by molar-refractivity contribution is -0.142. The Kier molecular flexibility index (Phi) is 6.09. The van der Waals surface area contributed by atoms with E-state index >= 15 is 0 Å². The molecule has 2 N–H and O–H groups in total. The number of carboxylic acid groups (broad SMARTS) is 1. The Morgan fingerprint density at radius 2 is 2.00 bits per heavy atom. The van der Waals surface area contributed by atoms with Crippen LogP contribution in [-0.4, -0.2) is 33.9 Å². The molecule has 0 spiro atoms. The highest BCUT2D eigenvalue weighted by Crippen LogP contribution is 2.23. The van der Waals surface area contributed by atoms with Gasteiger partial charge >= 0.3 is 12.5 Å². The minimum absolute atomic E-state index is 0.00543. The van der Waals surface area contributed by atoms with Gasteiger partial charge in [-0.15, -0.1) is 0 Å². The number of aliphatic carboxylic acids is 1. The fourth-order valence-corrected chi connectivity index (χ4v) is 2.67. The van der Waals surface area contributed by atoms with Gasteiger partial charge in [0.1, 0.15) is 0 Å². The van der Waals surface area contributed by atoms with Crippen LogP contribution in [0.4, 0.5) is 13.2 Å². The fourth-order valence-electron chi connectivity index (χ4n) is 2.67. The molecule has 1 amide bonds. The molecule has 1 aromatic carbocycles. The van der Waals surface area contributed by atoms with Crippen LogP contribution in [-0.2, 0) is 16.0 Å². The van der Waals surface area contributed by atoms with E-state index in [0.717, 1.165) is 6.07 Å². The summed E-state index contributed by atoms with van der Waals surface area (Å²) in [6.07, 6.45) is -0.340. The molecule has 0 saturated carbocycles. The number of aryl methyl sites for hydroxylation is 1. The maximum Gasteiger partial charge on any atom is 0.333 e. The van der Waals surface area contributed by atoms with Gasteiger partial charge in [0.15, 0.2) is 17.6 Å². The van der Waals surface area contributed by atoms with Crippen molar-refractivity contribution in [1.82, 2.24) is 15.1 Å². The number of nitrogens with zero attached hydrogens (tertiary/aromatic N) is 2. The summed E-state index contributed by atoms with van der Waals surface area (Å²) >= 11 is 0. The molecule has 146 valence electrons. The van der Waals surface area contributed by atoms with Crippen molar-refractivity contribution < 1.29 is 32.6 Å². The van der Waals surface area contributed by atoms with Crippen LogP contribution in [0, 0.1) is 19.7 Å². The summed E-state index contributed by atoms with van der Waals surface area (Å²) in [5.41, 5.74) is 0.633. The van der Waals surface area contributed by atoms with Gasteiger partial charge in [-0.1, -0.05) is 6.07 Å². The van der Waals surface area contributed by atoms with Crippen molar-refractivity contribution in [2.24, 2.45) is 0 Å². The number of alkyl halides is 2. The largest absolute Gasteiger partial charge is 0.494 e. The number of ether oxygens (including phenoxy) is 1. The number of carboxylic acids is 1. The predicted molar refractivity (Wildman–Crippen MR) is 88.1 cm³/mol. The summed E-state index contributed by atoms with van der Waals surface area (Å²) in [7, 11) is 1.26. The van der Waals surface area contributed by atoms with Gasteiger partial charge in [-0.2, -0.15) is 13.9 Å². The lowest BCUT2D eigenvalue weighted by Crippen LogP contribution is -2.35. The Balaban J connectivity index is 2.21. The van der Waals surface area contributed by atoms with E-state index in [1.54, 1.807) is 0 Å². The first kappa shape index (κ1) is 20.3. The third-order valence-corrected chi connectivity index (χ3v) is 4.06. The van der Waals surface area contributed by atoms with Crippen LogP contribution in [0.5, 0.6) is 5.75 Å². The summed E-state index contributed by atoms with van der Waals surface area (Å²) in [5.74, 6) is -2.97. The molecule has 0 saturated heterocycles.